The molecule has 2 aliphatic heterocycles. The predicted octanol–water partition coefficient (Wildman–Crippen LogP) is 3.77. The third kappa shape index (κ3) is 3.14. The summed E-state index contributed by atoms with van der Waals surface area (Å²) in [4.78, 5) is 17.9. The van der Waals surface area contributed by atoms with Gasteiger partial charge >= 0.3 is 0 Å². The first-order valence-corrected chi connectivity index (χ1v) is 10.7. The number of benzene rings is 2. The number of rotatable bonds is 3. The molecule has 0 radical (unpaired) electrons. The third-order valence-corrected chi connectivity index (χ3v) is 6.86. The van der Waals surface area contributed by atoms with Crippen molar-refractivity contribution in [3.8, 4) is 11.3 Å². The Kier molecular flexibility index (Phi) is 4.70. The maximum Gasteiger partial charge on any atom is 0.272 e. The van der Waals surface area contributed by atoms with E-state index in [2.05, 4.69) is 48.2 Å². The molecule has 2 fully saturated rings. The highest BCUT2D eigenvalue weighted by Gasteiger charge is 2.47. The number of likely N-dealkylation sites (tertiary alicyclic amines) is 2. The molecule has 0 saturated carbocycles. The zero-order chi connectivity index (χ0) is 20.8. The summed E-state index contributed by atoms with van der Waals surface area (Å²) in [6.07, 6.45) is 0. The van der Waals surface area contributed by atoms with Crippen molar-refractivity contribution in [1.82, 2.24) is 19.6 Å². The number of hydrogen-bond acceptors (Lipinski definition) is 3. The molecule has 0 bridgehead atoms. The summed E-state index contributed by atoms with van der Waals surface area (Å²) in [5, 5.41) is 4.59. The van der Waals surface area contributed by atoms with E-state index in [4.69, 9.17) is 0 Å². The van der Waals surface area contributed by atoms with Crippen molar-refractivity contribution < 1.29 is 4.79 Å². The quantitative estimate of drug-likeness (QED) is 0.672. The van der Waals surface area contributed by atoms with Crippen molar-refractivity contribution in [2.24, 2.45) is 18.9 Å². The molecular weight excluding hydrogens is 372 g/mol. The number of carbonyl (C=O) groups is 1. The van der Waals surface area contributed by atoms with Crippen molar-refractivity contribution in [1.29, 1.82) is 0 Å². The van der Waals surface area contributed by atoms with E-state index >= 15 is 0 Å². The first-order valence-electron chi connectivity index (χ1n) is 10.7. The standard InChI is InChI=1S/C25H28N4O/c1-17-9-7-8-12-20(17)24-21-16-29(15-19(21)14-27(24)2)25(30)23-13-22(26-28(23)3)18-10-5-4-6-11-18/h4-13,19,21,24H,14-16H2,1-3H3/t19-,21+,24+/m0/s1. The fraction of sp³-hybridized carbons (Fsp3) is 0.360. The van der Waals surface area contributed by atoms with Gasteiger partial charge in [-0.05, 0) is 37.1 Å². The molecule has 30 heavy (non-hydrogen) atoms. The minimum Gasteiger partial charge on any atom is -0.337 e. The van der Waals surface area contributed by atoms with Gasteiger partial charge in [0.25, 0.3) is 5.91 Å². The molecule has 3 atom stereocenters. The van der Waals surface area contributed by atoms with Crippen LogP contribution in [0.3, 0.4) is 0 Å². The lowest BCUT2D eigenvalue weighted by Crippen LogP contribution is -2.34. The van der Waals surface area contributed by atoms with Crippen molar-refractivity contribution in [3.05, 3.63) is 77.5 Å². The first kappa shape index (κ1) is 19.1. The van der Waals surface area contributed by atoms with Gasteiger partial charge in [-0.15, -0.1) is 0 Å². The number of amides is 1. The Morgan fingerprint density at radius 2 is 1.70 bits per heavy atom. The topological polar surface area (TPSA) is 41.4 Å². The van der Waals surface area contributed by atoms with Gasteiger partial charge in [0.2, 0.25) is 0 Å². The molecular formula is C25H28N4O. The van der Waals surface area contributed by atoms with Gasteiger partial charge in [0.1, 0.15) is 5.69 Å². The van der Waals surface area contributed by atoms with Gasteiger partial charge in [-0.25, -0.2) is 0 Å². The van der Waals surface area contributed by atoms with Gasteiger partial charge in [-0.2, -0.15) is 5.10 Å². The minimum atomic E-state index is 0.0905. The normalized spacial score (nSPS) is 23.7. The molecule has 0 N–H and O–H groups in total. The average Bonchev–Trinajstić information content (AvgIpc) is 3.41. The summed E-state index contributed by atoms with van der Waals surface area (Å²) in [5.74, 6) is 1.08. The third-order valence-electron chi connectivity index (χ3n) is 6.86. The van der Waals surface area contributed by atoms with Crippen LogP contribution in [0, 0.1) is 18.8 Å². The Labute approximate surface area is 177 Å². The van der Waals surface area contributed by atoms with Crippen LogP contribution in [0.4, 0.5) is 0 Å². The second-order valence-electron chi connectivity index (χ2n) is 8.78. The monoisotopic (exact) mass is 400 g/mol. The van der Waals surface area contributed by atoms with Crippen LogP contribution in [0.15, 0.2) is 60.7 Å². The Hall–Kier alpha value is -2.92. The number of hydrogen-bond donors (Lipinski definition) is 0. The molecule has 3 aromatic rings. The molecule has 2 aromatic carbocycles. The van der Waals surface area contributed by atoms with E-state index in [1.165, 1.54) is 11.1 Å². The van der Waals surface area contributed by atoms with Crippen LogP contribution in [0.5, 0.6) is 0 Å². The maximum atomic E-state index is 13.4. The Bertz CT molecular complexity index is 1070. The van der Waals surface area contributed by atoms with Crippen molar-refractivity contribution in [3.63, 3.8) is 0 Å². The van der Waals surface area contributed by atoms with Crippen LogP contribution in [-0.4, -0.2) is 52.2 Å². The predicted molar refractivity (Wildman–Crippen MR) is 118 cm³/mol. The molecule has 0 aliphatic carbocycles. The lowest BCUT2D eigenvalue weighted by atomic mass is 9.88. The summed E-state index contributed by atoms with van der Waals surface area (Å²) in [7, 11) is 4.08. The number of fused-ring (bicyclic) bond motifs is 1. The van der Waals surface area contributed by atoms with Gasteiger partial charge in [0.05, 0.1) is 5.69 Å². The number of aromatic nitrogens is 2. The van der Waals surface area contributed by atoms with Gasteiger partial charge in [0, 0.05) is 44.2 Å². The molecule has 3 heterocycles. The molecule has 5 heteroatoms. The van der Waals surface area contributed by atoms with Gasteiger partial charge in [-0.1, -0.05) is 54.6 Å². The summed E-state index contributed by atoms with van der Waals surface area (Å²) in [5.41, 5.74) is 5.27. The van der Waals surface area contributed by atoms with Crippen LogP contribution >= 0.6 is 0 Å². The zero-order valence-corrected chi connectivity index (χ0v) is 17.8. The molecule has 2 aliphatic rings. The lowest BCUT2D eigenvalue weighted by molar-refractivity contribution is 0.0757. The van der Waals surface area contributed by atoms with Crippen LogP contribution < -0.4 is 0 Å². The largest absolute Gasteiger partial charge is 0.337 e. The first-order chi connectivity index (χ1) is 14.5. The van der Waals surface area contributed by atoms with Gasteiger partial charge in [-0.3, -0.25) is 14.4 Å². The highest BCUT2D eigenvalue weighted by molar-refractivity contribution is 5.94. The Balaban J connectivity index is 1.38. The lowest BCUT2D eigenvalue weighted by Gasteiger charge is -2.28. The fourth-order valence-corrected chi connectivity index (χ4v) is 5.39. The second kappa shape index (κ2) is 7.40. The molecule has 0 spiro atoms. The smallest absolute Gasteiger partial charge is 0.272 e. The van der Waals surface area contributed by atoms with E-state index in [9.17, 15) is 4.79 Å². The minimum absolute atomic E-state index is 0.0905. The molecule has 2 saturated heterocycles. The SMILES string of the molecule is Cc1ccccc1[C@@H]1[C@@H]2CN(C(=O)c3cc(-c4ccccc4)nn3C)C[C@@H]2CN1C. The Morgan fingerprint density at radius 3 is 2.47 bits per heavy atom. The summed E-state index contributed by atoms with van der Waals surface area (Å²) in [6, 6.07) is 21.0. The molecule has 5 nitrogen and oxygen atoms in total. The maximum absolute atomic E-state index is 13.4. The van der Waals surface area contributed by atoms with Gasteiger partial charge in [0.15, 0.2) is 0 Å². The molecule has 1 aromatic heterocycles. The average molecular weight is 401 g/mol. The van der Waals surface area contributed by atoms with Crippen LogP contribution in [0.1, 0.15) is 27.7 Å². The van der Waals surface area contributed by atoms with Crippen LogP contribution in [0.25, 0.3) is 11.3 Å². The molecule has 154 valence electrons. The van der Waals surface area contributed by atoms with E-state index in [0.29, 0.717) is 23.6 Å². The van der Waals surface area contributed by atoms with E-state index in [0.717, 1.165) is 30.9 Å². The highest BCUT2D eigenvalue weighted by Crippen LogP contribution is 2.45. The molecule has 5 rings (SSSR count). The van der Waals surface area contributed by atoms with Crippen molar-refractivity contribution in [2.75, 3.05) is 26.7 Å². The summed E-state index contributed by atoms with van der Waals surface area (Å²) >= 11 is 0. The van der Waals surface area contributed by atoms with Gasteiger partial charge < -0.3 is 4.90 Å². The second-order valence-corrected chi connectivity index (χ2v) is 8.78. The van der Waals surface area contributed by atoms with E-state index in [1.807, 2.05) is 48.3 Å². The number of aryl methyl sites for hydroxylation is 2. The summed E-state index contributed by atoms with van der Waals surface area (Å²) < 4.78 is 1.73. The Morgan fingerprint density at radius 1 is 0.967 bits per heavy atom. The molecule has 0 unspecified atom stereocenters. The van der Waals surface area contributed by atoms with E-state index < -0.39 is 0 Å². The van der Waals surface area contributed by atoms with E-state index in [-0.39, 0.29) is 5.91 Å². The number of carbonyl (C=O) groups excluding carboxylic acids is 1. The van der Waals surface area contributed by atoms with E-state index in [1.54, 1.807) is 4.68 Å². The summed E-state index contributed by atoms with van der Waals surface area (Å²) in [6.45, 7) is 4.85. The fourth-order valence-electron chi connectivity index (χ4n) is 5.39. The highest BCUT2D eigenvalue weighted by atomic mass is 16.2. The number of nitrogens with zero attached hydrogens (tertiary/aromatic N) is 4. The van der Waals surface area contributed by atoms with Crippen molar-refractivity contribution >= 4 is 5.91 Å². The van der Waals surface area contributed by atoms with Crippen LogP contribution in [0.2, 0.25) is 0 Å². The van der Waals surface area contributed by atoms with Crippen LogP contribution in [-0.2, 0) is 7.05 Å². The zero-order valence-electron chi connectivity index (χ0n) is 17.8. The van der Waals surface area contributed by atoms with Crippen molar-refractivity contribution in [2.45, 2.75) is 13.0 Å². The molecule has 1 amide bonds.